The quantitative estimate of drug-likeness (QED) is 0.353. The lowest BCUT2D eigenvalue weighted by Crippen LogP contribution is -2.55. The second-order valence-corrected chi connectivity index (χ2v) is 16.9. The molecule has 3 aliphatic rings. The summed E-state index contributed by atoms with van der Waals surface area (Å²) in [6, 6.07) is 6.05. The minimum Gasteiger partial charge on any atom is -0.343 e. The van der Waals surface area contributed by atoms with Gasteiger partial charge >= 0.3 is 0 Å². The summed E-state index contributed by atoms with van der Waals surface area (Å²) in [6.45, 7) is 9.02. The van der Waals surface area contributed by atoms with Crippen LogP contribution in [0.25, 0.3) is 9.75 Å². The van der Waals surface area contributed by atoms with E-state index in [-0.39, 0.29) is 40.4 Å². The van der Waals surface area contributed by atoms with Crippen molar-refractivity contribution < 1.29 is 22.8 Å². The predicted octanol–water partition coefficient (Wildman–Crippen LogP) is 4.36. The van der Waals surface area contributed by atoms with Gasteiger partial charge in [-0.2, -0.15) is 4.72 Å². The second-order valence-electron chi connectivity index (χ2n) is 12.2. The number of nitrogens with zero attached hydrogens (tertiary/aromatic N) is 4. The van der Waals surface area contributed by atoms with E-state index in [1.165, 1.54) is 16.2 Å². The fraction of sp³-hybridized carbons (Fsp3) is 0.645. The molecule has 3 aliphatic heterocycles. The van der Waals surface area contributed by atoms with Crippen molar-refractivity contribution in [1.29, 1.82) is 0 Å². The minimum absolute atomic E-state index is 0.00237. The number of amides is 3. The summed E-state index contributed by atoms with van der Waals surface area (Å²) in [5, 5.41) is 0. The zero-order valence-electron chi connectivity index (χ0n) is 26.1. The molecule has 248 valence electrons. The Morgan fingerprint density at radius 2 is 1.73 bits per heavy atom. The Kier molecular flexibility index (Phi) is 11.6. The van der Waals surface area contributed by atoms with Crippen LogP contribution < -0.4 is 4.72 Å². The van der Waals surface area contributed by atoms with Crippen molar-refractivity contribution in [2.24, 2.45) is 5.92 Å². The standard InChI is InChI=1S/C31H44ClN5O5S3/c1-3-15-35(4-2)30(39)22-8-5-16-34(19-22)20-23-9-6-18-37(23)28(38)21-36-17-7-10-24(31(36)40)33-45(41,42)29-14-12-26(44-29)25-11-13-27(32)43-25/h11-14,22-24,33H,3-10,15-21H2,1-2H3/t22?,23-,24-/m0/s1. The molecule has 1 N–H and O–H groups in total. The smallest absolute Gasteiger partial charge is 0.250 e. The fourth-order valence-electron chi connectivity index (χ4n) is 6.78. The van der Waals surface area contributed by atoms with E-state index in [9.17, 15) is 22.8 Å². The largest absolute Gasteiger partial charge is 0.343 e. The maximum Gasteiger partial charge on any atom is 0.250 e. The Hall–Kier alpha value is -2.03. The Morgan fingerprint density at radius 1 is 1.00 bits per heavy atom. The van der Waals surface area contributed by atoms with Crippen LogP contribution in [0, 0.1) is 5.92 Å². The minimum atomic E-state index is -3.92. The topological polar surface area (TPSA) is 110 Å². The van der Waals surface area contributed by atoms with Gasteiger partial charge in [0.05, 0.1) is 16.8 Å². The van der Waals surface area contributed by atoms with Gasteiger partial charge in [0.1, 0.15) is 10.3 Å². The summed E-state index contributed by atoms with van der Waals surface area (Å²) in [7, 11) is -3.92. The molecule has 2 aromatic heterocycles. The van der Waals surface area contributed by atoms with E-state index in [1.54, 1.807) is 18.2 Å². The van der Waals surface area contributed by atoms with E-state index in [1.807, 2.05) is 22.8 Å². The summed E-state index contributed by atoms with van der Waals surface area (Å²) in [5.74, 6) is -0.223. The monoisotopic (exact) mass is 697 g/mol. The molecule has 45 heavy (non-hydrogen) atoms. The number of carbonyl (C=O) groups excluding carboxylic acids is 3. The zero-order valence-corrected chi connectivity index (χ0v) is 29.3. The van der Waals surface area contributed by atoms with Crippen LogP contribution in [0.1, 0.15) is 58.8 Å². The molecule has 0 radical (unpaired) electrons. The molecule has 0 saturated carbocycles. The number of hydrogen-bond acceptors (Lipinski definition) is 8. The average molecular weight is 698 g/mol. The van der Waals surface area contributed by atoms with Crippen LogP contribution in [0.15, 0.2) is 28.5 Å². The van der Waals surface area contributed by atoms with Gasteiger partial charge in [-0.15, -0.1) is 22.7 Å². The molecule has 0 aromatic carbocycles. The van der Waals surface area contributed by atoms with E-state index in [2.05, 4.69) is 16.5 Å². The number of piperidine rings is 2. The van der Waals surface area contributed by atoms with Crippen LogP contribution in [-0.2, 0) is 24.4 Å². The molecule has 1 unspecified atom stereocenters. The van der Waals surface area contributed by atoms with Crippen molar-refractivity contribution in [3.05, 3.63) is 28.6 Å². The van der Waals surface area contributed by atoms with E-state index in [0.29, 0.717) is 30.3 Å². The number of nitrogens with one attached hydrogen (secondary N) is 1. The maximum atomic E-state index is 13.5. The van der Waals surface area contributed by atoms with Crippen LogP contribution in [0.5, 0.6) is 0 Å². The van der Waals surface area contributed by atoms with Gasteiger partial charge in [0.15, 0.2) is 0 Å². The third-order valence-electron chi connectivity index (χ3n) is 9.02. The number of rotatable bonds is 12. The average Bonchev–Trinajstić information content (AvgIpc) is 3.79. The Bertz CT molecular complexity index is 1460. The lowest BCUT2D eigenvalue weighted by molar-refractivity contribution is -0.143. The molecule has 3 amide bonds. The summed E-state index contributed by atoms with van der Waals surface area (Å²) in [4.78, 5) is 49.5. The van der Waals surface area contributed by atoms with Crippen LogP contribution >= 0.6 is 34.3 Å². The van der Waals surface area contributed by atoms with Gasteiger partial charge < -0.3 is 19.6 Å². The van der Waals surface area contributed by atoms with E-state index < -0.39 is 16.1 Å². The van der Waals surface area contributed by atoms with Crippen molar-refractivity contribution in [1.82, 2.24) is 24.3 Å². The second kappa shape index (κ2) is 15.2. The van der Waals surface area contributed by atoms with Gasteiger partial charge in [0.2, 0.25) is 17.7 Å². The third-order valence-corrected chi connectivity index (χ3v) is 13.5. The molecule has 0 spiro atoms. The van der Waals surface area contributed by atoms with Crippen molar-refractivity contribution in [3.63, 3.8) is 0 Å². The molecule has 14 heteroatoms. The molecule has 5 heterocycles. The molecule has 3 saturated heterocycles. The number of likely N-dealkylation sites (tertiary alicyclic amines) is 3. The first-order chi connectivity index (χ1) is 21.6. The number of halogens is 1. The van der Waals surface area contributed by atoms with Gasteiger partial charge in [0.25, 0.3) is 10.0 Å². The van der Waals surface area contributed by atoms with E-state index >= 15 is 0 Å². The fourth-order valence-corrected chi connectivity index (χ4v) is 10.5. The zero-order chi connectivity index (χ0) is 32.1. The molecule has 0 aliphatic carbocycles. The van der Waals surface area contributed by atoms with Gasteiger partial charge in [-0.1, -0.05) is 18.5 Å². The van der Waals surface area contributed by atoms with Gasteiger partial charge in [-0.05, 0) is 82.7 Å². The lowest BCUT2D eigenvalue weighted by Gasteiger charge is -2.38. The molecular weight excluding hydrogens is 654 g/mol. The van der Waals surface area contributed by atoms with Crippen LogP contribution in [0.2, 0.25) is 4.34 Å². The van der Waals surface area contributed by atoms with Gasteiger partial charge in [0, 0.05) is 55.1 Å². The van der Waals surface area contributed by atoms with Crippen molar-refractivity contribution >= 4 is 62.0 Å². The molecule has 3 fully saturated rings. The van der Waals surface area contributed by atoms with Crippen molar-refractivity contribution in [3.8, 4) is 9.75 Å². The Morgan fingerprint density at radius 3 is 2.47 bits per heavy atom. The number of sulfonamides is 1. The third kappa shape index (κ3) is 8.28. The molecule has 2 aromatic rings. The van der Waals surface area contributed by atoms with E-state index in [0.717, 1.165) is 85.9 Å². The normalized spacial score (nSPS) is 23.1. The highest BCUT2D eigenvalue weighted by molar-refractivity contribution is 7.91. The highest BCUT2D eigenvalue weighted by atomic mass is 35.5. The first-order valence-electron chi connectivity index (χ1n) is 16.1. The van der Waals surface area contributed by atoms with Gasteiger partial charge in [-0.3, -0.25) is 14.4 Å². The highest BCUT2D eigenvalue weighted by Gasteiger charge is 2.37. The Balaban J connectivity index is 1.16. The summed E-state index contributed by atoms with van der Waals surface area (Å²) < 4.78 is 29.8. The predicted molar refractivity (Wildman–Crippen MR) is 179 cm³/mol. The molecule has 3 atom stereocenters. The highest BCUT2D eigenvalue weighted by Crippen LogP contribution is 2.37. The SMILES string of the molecule is CCCN(CC)C(=O)C1CCCN(C[C@@H]2CCCN2C(=O)CN2CCC[C@H](NS(=O)(=O)c3ccc(-c4ccc(Cl)s4)s3)C2=O)C1. The van der Waals surface area contributed by atoms with Crippen molar-refractivity contribution in [2.45, 2.75) is 75.1 Å². The summed E-state index contributed by atoms with van der Waals surface area (Å²) in [5.41, 5.74) is 0. The Labute approximate surface area is 279 Å². The van der Waals surface area contributed by atoms with E-state index in [4.69, 9.17) is 11.6 Å². The first-order valence-corrected chi connectivity index (χ1v) is 19.6. The number of carbonyl (C=O) groups is 3. The van der Waals surface area contributed by atoms with Gasteiger partial charge in [-0.25, -0.2) is 8.42 Å². The maximum absolute atomic E-state index is 13.5. The van der Waals surface area contributed by atoms with Crippen LogP contribution in [-0.4, -0.2) is 110 Å². The number of hydrogen-bond donors (Lipinski definition) is 1. The van der Waals surface area contributed by atoms with Crippen molar-refractivity contribution in [2.75, 3.05) is 52.4 Å². The molecule has 10 nitrogen and oxygen atoms in total. The molecular formula is C31H44ClN5O5S3. The molecule has 0 bridgehead atoms. The summed E-state index contributed by atoms with van der Waals surface area (Å²) in [6.07, 6.45) is 5.62. The lowest BCUT2D eigenvalue weighted by atomic mass is 9.95. The van der Waals surface area contributed by atoms with Crippen LogP contribution in [0.3, 0.4) is 0 Å². The molecule has 5 rings (SSSR count). The summed E-state index contributed by atoms with van der Waals surface area (Å²) >= 11 is 8.55. The number of thiophene rings is 2. The van der Waals surface area contributed by atoms with Crippen LogP contribution in [0.4, 0.5) is 0 Å². The first kappa shape index (κ1) is 34.3.